The summed E-state index contributed by atoms with van der Waals surface area (Å²) >= 11 is 4.33. The largest absolute Gasteiger partial charge is 0.499 e. The Morgan fingerprint density at radius 2 is 2.40 bits per heavy atom. The number of ether oxygens (including phenoxy) is 1. The number of carbonyl (C=O) groups is 1. The highest BCUT2D eigenvalue weighted by Crippen LogP contribution is 1.91. The zero-order valence-corrected chi connectivity index (χ0v) is 6.35. The highest BCUT2D eigenvalue weighted by Gasteiger charge is 1.95. The molecule has 0 aromatic rings. The fourth-order valence-corrected chi connectivity index (χ4v) is 0.430. The zero-order valence-electron chi connectivity index (χ0n) is 5.53. The fraction of sp³-hybridized carbons (Fsp3) is 0.333. The van der Waals surface area contributed by atoms with Gasteiger partial charge in [-0.25, -0.2) is 0 Å². The van der Waals surface area contributed by atoms with Crippen LogP contribution in [0.25, 0.3) is 0 Å². The number of aliphatic hydroxyl groups is 1. The van der Waals surface area contributed by atoms with Crippen LogP contribution in [0.1, 0.15) is 0 Å². The quantitative estimate of drug-likeness (QED) is 0.359. The number of rotatable bonds is 4. The van der Waals surface area contributed by atoms with E-state index in [1.807, 2.05) is 0 Å². The number of thiocarbonyl (C=S) groups is 1. The van der Waals surface area contributed by atoms with E-state index in [-0.39, 0.29) is 18.1 Å². The van der Waals surface area contributed by atoms with Gasteiger partial charge in [-0.2, -0.15) is 0 Å². The summed E-state index contributed by atoms with van der Waals surface area (Å²) in [6.45, 7) is -0.286. The van der Waals surface area contributed by atoms with Gasteiger partial charge in [0.15, 0.2) is 5.78 Å². The minimum Gasteiger partial charge on any atom is -0.499 e. The Morgan fingerprint density at radius 3 is 2.70 bits per heavy atom. The third-order valence-corrected chi connectivity index (χ3v) is 1.07. The van der Waals surface area contributed by atoms with Crippen LogP contribution in [-0.2, 0) is 9.53 Å². The number of aliphatic hydroxyl groups excluding tert-OH is 1. The van der Waals surface area contributed by atoms with Crippen molar-refractivity contribution in [1.29, 1.82) is 0 Å². The van der Waals surface area contributed by atoms with Crippen molar-refractivity contribution in [2.45, 2.75) is 0 Å². The fourth-order valence-electron chi connectivity index (χ4n) is 0.362. The van der Waals surface area contributed by atoms with Crippen LogP contribution in [0, 0.1) is 0 Å². The van der Waals surface area contributed by atoms with Gasteiger partial charge >= 0.3 is 0 Å². The second-order valence-electron chi connectivity index (χ2n) is 1.49. The van der Waals surface area contributed by atoms with E-state index in [1.165, 1.54) is 7.11 Å². The van der Waals surface area contributed by atoms with E-state index >= 15 is 0 Å². The summed E-state index contributed by atoms with van der Waals surface area (Å²) in [5, 5.41) is 9.46. The molecule has 4 heteroatoms. The smallest absolute Gasteiger partial charge is 0.192 e. The topological polar surface area (TPSA) is 46.5 Å². The average Bonchev–Trinajstić information content (AvgIpc) is 1.99. The van der Waals surface area contributed by atoms with E-state index in [0.717, 1.165) is 11.4 Å². The maximum Gasteiger partial charge on any atom is 0.192 e. The van der Waals surface area contributed by atoms with Crippen LogP contribution < -0.4 is 0 Å². The van der Waals surface area contributed by atoms with E-state index < -0.39 is 0 Å². The molecule has 3 nitrogen and oxygen atoms in total. The second kappa shape index (κ2) is 5.08. The number of hydrogen-bond acceptors (Lipinski definition) is 4. The summed E-state index contributed by atoms with van der Waals surface area (Å²) in [6.07, 6.45) is 1.15. The molecule has 0 fully saturated rings. The van der Waals surface area contributed by atoms with E-state index in [0.29, 0.717) is 0 Å². The van der Waals surface area contributed by atoms with Gasteiger partial charge in [0.25, 0.3) is 0 Å². The molecule has 0 aliphatic carbocycles. The average molecular weight is 160 g/mol. The lowest BCUT2D eigenvalue weighted by atomic mass is 10.3. The Hall–Kier alpha value is -0.740. The van der Waals surface area contributed by atoms with Crippen molar-refractivity contribution in [3.8, 4) is 0 Å². The monoisotopic (exact) mass is 160 g/mol. The summed E-state index contributed by atoms with van der Waals surface area (Å²) in [6, 6.07) is 0. The molecule has 0 bridgehead atoms. The van der Waals surface area contributed by atoms with Gasteiger partial charge in [0.2, 0.25) is 0 Å². The van der Waals surface area contributed by atoms with Gasteiger partial charge in [0, 0.05) is 11.4 Å². The number of allylic oxidation sites excluding steroid dienone is 1. The Kier molecular flexibility index (Phi) is 4.70. The summed E-state index contributed by atoms with van der Waals surface area (Å²) in [5.41, 5.74) is 0. The molecule has 0 aliphatic heterocycles. The van der Waals surface area contributed by atoms with Crippen LogP contribution in [0.15, 0.2) is 11.8 Å². The number of hydrogen-bond donors (Lipinski definition) is 1. The Bertz CT molecular complexity index is 156. The van der Waals surface area contributed by atoms with Gasteiger partial charge in [0.1, 0.15) is 12.4 Å². The van der Waals surface area contributed by atoms with Gasteiger partial charge < -0.3 is 9.84 Å². The number of ketones is 1. The van der Waals surface area contributed by atoms with Crippen LogP contribution >= 0.6 is 12.2 Å². The van der Waals surface area contributed by atoms with E-state index in [4.69, 9.17) is 5.11 Å². The van der Waals surface area contributed by atoms with Gasteiger partial charge in [-0.15, -0.1) is 0 Å². The Morgan fingerprint density at radius 1 is 1.80 bits per heavy atom. The first-order valence-electron chi connectivity index (χ1n) is 2.59. The molecule has 0 aliphatic rings. The van der Waals surface area contributed by atoms with Crippen molar-refractivity contribution in [2.75, 3.05) is 13.7 Å². The van der Waals surface area contributed by atoms with Crippen LogP contribution in [0.5, 0.6) is 0 Å². The highest BCUT2D eigenvalue weighted by molar-refractivity contribution is 7.80. The highest BCUT2D eigenvalue weighted by atomic mass is 32.1. The molecule has 56 valence electrons. The first-order chi connectivity index (χ1) is 4.74. The molecular weight excluding hydrogens is 152 g/mol. The van der Waals surface area contributed by atoms with Crippen molar-refractivity contribution in [1.82, 2.24) is 0 Å². The number of methoxy groups -OCH3 is 1. The van der Waals surface area contributed by atoms with E-state index in [1.54, 1.807) is 0 Å². The van der Waals surface area contributed by atoms with Crippen molar-refractivity contribution >= 4 is 23.4 Å². The molecule has 0 aromatic carbocycles. The summed E-state index contributed by atoms with van der Waals surface area (Å²) < 4.78 is 4.60. The summed E-state index contributed by atoms with van der Waals surface area (Å²) in [7, 11) is 1.37. The lowest BCUT2D eigenvalue weighted by Gasteiger charge is -1.98. The molecule has 0 unspecified atom stereocenters. The SMILES string of the molecule is CO/C(=C\C(=O)C=S)CO. The zero-order chi connectivity index (χ0) is 7.98. The molecule has 0 aromatic heterocycles. The Labute approximate surface area is 64.3 Å². The molecular formula is C6H8O3S. The molecule has 0 amide bonds. The van der Waals surface area contributed by atoms with Crippen molar-refractivity contribution < 1.29 is 14.6 Å². The molecule has 1 N–H and O–H groups in total. The van der Waals surface area contributed by atoms with Crippen LogP contribution in [0.3, 0.4) is 0 Å². The van der Waals surface area contributed by atoms with Crippen LogP contribution in [-0.4, -0.2) is 30.0 Å². The minimum atomic E-state index is -0.346. The van der Waals surface area contributed by atoms with Gasteiger partial charge in [-0.05, 0) is 0 Å². The van der Waals surface area contributed by atoms with Crippen molar-refractivity contribution in [3.05, 3.63) is 11.8 Å². The maximum absolute atomic E-state index is 10.5. The first kappa shape index (κ1) is 9.26. The summed E-state index contributed by atoms with van der Waals surface area (Å²) in [4.78, 5) is 10.5. The minimum absolute atomic E-state index is 0.214. The third-order valence-electron chi connectivity index (χ3n) is 0.837. The maximum atomic E-state index is 10.5. The predicted molar refractivity (Wildman–Crippen MR) is 40.8 cm³/mol. The van der Waals surface area contributed by atoms with Gasteiger partial charge in [-0.3, -0.25) is 4.79 Å². The van der Waals surface area contributed by atoms with Crippen molar-refractivity contribution in [3.63, 3.8) is 0 Å². The van der Waals surface area contributed by atoms with Gasteiger partial charge in [-0.1, -0.05) is 12.2 Å². The molecule has 0 saturated heterocycles. The first-order valence-corrected chi connectivity index (χ1v) is 3.06. The molecule has 0 spiro atoms. The lowest BCUT2D eigenvalue weighted by molar-refractivity contribution is -0.108. The molecule has 0 atom stereocenters. The van der Waals surface area contributed by atoms with Crippen LogP contribution in [0.4, 0.5) is 0 Å². The van der Waals surface area contributed by atoms with E-state index in [2.05, 4.69) is 17.0 Å². The normalized spacial score (nSPS) is 10.8. The second-order valence-corrected chi connectivity index (χ2v) is 1.73. The molecule has 0 saturated carbocycles. The molecule has 0 radical (unpaired) electrons. The van der Waals surface area contributed by atoms with Crippen LogP contribution in [0.2, 0.25) is 0 Å². The standard InChI is InChI=1S/C6H8O3S/c1-9-6(3-7)2-5(8)4-10/h2,4,7H,3H2,1H3/b6-2-. The van der Waals surface area contributed by atoms with E-state index in [9.17, 15) is 4.79 Å². The molecule has 10 heavy (non-hydrogen) atoms. The van der Waals surface area contributed by atoms with Crippen molar-refractivity contribution in [2.24, 2.45) is 0 Å². The molecule has 0 rings (SSSR count). The lowest BCUT2D eigenvalue weighted by Crippen LogP contribution is -1.99. The Balaban J connectivity index is 4.09. The predicted octanol–water partition coefficient (Wildman–Crippen LogP) is 0.0778. The molecule has 0 heterocycles. The number of carbonyl (C=O) groups excluding carboxylic acids is 1. The summed E-state index contributed by atoms with van der Waals surface area (Å²) in [5.74, 6) is -0.132. The van der Waals surface area contributed by atoms with Gasteiger partial charge in [0.05, 0.1) is 7.11 Å². The third kappa shape index (κ3) is 3.32.